The van der Waals surface area contributed by atoms with E-state index in [4.69, 9.17) is 0 Å². The van der Waals surface area contributed by atoms with Crippen LogP contribution in [0.4, 0.5) is 0 Å². The van der Waals surface area contributed by atoms with E-state index in [9.17, 15) is 0 Å². The van der Waals surface area contributed by atoms with Gasteiger partial charge in [-0.15, -0.1) is 0 Å². The molecule has 0 radical (unpaired) electrons. The van der Waals surface area contributed by atoms with Crippen LogP contribution >= 0.6 is 0 Å². The summed E-state index contributed by atoms with van der Waals surface area (Å²) in [4.78, 5) is 4.61. The van der Waals surface area contributed by atoms with Gasteiger partial charge in [0, 0.05) is 6.21 Å². The molecule has 98 valence electrons. The first-order chi connectivity index (χ1) is 9.16. The standard InChI is InChI=1S/C18H21N/c1-14(2)17-11-9-16(10-12-17)13-19-15(3)18-7-5-4-6-8-18/h4-15H,1-3H3/t15-/m1/s1. The summed E-state index contributed by atoms with van der Waals surface area (Å²) in [5.41, 5.74) is 3.78. The first-order valence-electron chi connectivity index (χ1n) is 6.85. The van der Waals surface area contributed by atoms with Crippen molar-refractivity contribution in [3.8, 4) is 0 Å². The molecule has 0 unspecified atom stereocenters. The Balaban J connectivity index is 2.06. The van der Waals surface area contributed by atoms with Gasteiger partial charge in [-0.1, -0.05) is 68.4 Å². The Morgan fingerprint density at radius 3 is 2.00 bits per heavy atom. The van der Waals surface area contributed by atoms with Crippen LogP contribution < -0.4 is 0 Å². The molecule has 0 spiro atoms. The maximum absolute atomic E-state index is 4.61. The molecule has 0 saturated heterocycles. The van der Waals surface area contributed by atoms with Crippen molar-refractivity contribution < 1.29 is 0 Å². The lowest BCUT2D eigenvalue weighted by Crippen LogP contribution is -1.92. The number of aliphatic imine (C=N–C) groups is 1. The molecule has 1 heteroatoms. The SMILES string of the molecule is CC(C)c1ccc(C=N[C@H](C)c2ccccc2)cc1. The van der Waals surface area contributed by atoms with Gasteiger partial charge in [-0.05, 0) is 29.5 Å². The third kappa shape index (κ3) is 3.78. The van der Waals surface area contributed by atoms with Gasteiger partial charge in [-0.2, -0.15) is 0 Å². The van der Waals surface area contributed by atoms with E-state index < -0.39 is 0 Å². The summed E-state index contributed by atoms with van der Waals surface area (Å²) >= 11 is 0. The molecule has 0 aliphatic rings. The maximum Gasteiger partial charge on any atom is 0.0721 e. The first-order valence-corrected chi connectivity index (χ1v) is 6.85. The molecule has 0 aromatic heterocycles. The molecule has 0 N–H and O–H groups in total. The van der Waals surface area contributed by atoms with Crippen LogP contribution in [0.5, 0.6) is 0 Å². The van der Waals surface area contributed by atoms with Crippen molar-refractivity contribution in [3.05, 3.63) is 71.3 Å². The van der Waals surface area contributed by atoms with Gasteiger partial charge in [0.1, 0.15) is 0 Å². The minimum absolute atomic E-state index is 0.200. The van der Waals surface area contributed by atoms with Gasteiger partial charge in [-0.25, -0.2) is 0 Å². The summed E-state index contributed by atoms with van der Waals surface area (Å²) in [6, 6.07) is 19.2. The van der Waals surface area contributed by atoms with Crippen LogP contribution in [0, 0.1) is 0 Å². The molecule has 0 aliphatic heterocycles. The molecule has 1 nitrogen and oxygen atoms in total. The summed E-state index contributed by atoms with van der Waals surface area (Å²) < 4.78 is 0. The molecule has 0 heterocycles. The molecule has 19 heavy (non-hydrogen) atoms. The van der Waals surface area contributed by atoms with E-state index in [1.807, 2.05) is 12.3 Å². The normalized spacial score (nSPS) is 13.1. The van der Waals surface area contributed by atoms with E-state index >= 15 is 0 Å². The van der Waals surface area contributed by atoms with Gasteiger partial charge in [0.05, 0.1) is 6.04 Å². The van der Waals surface area contributed by atoms with Crippen molar-refractivity contribution in [2.24, 2.45) is 4.99 Å². The molecule has 1 atom stereocenters. The van der Waals surface area contributed by atoms with Gasteiger partial charge in [0.25, 0.3) is 0 Å². The Bertz CT molecular complexity index is 523. The molecular formula is C18H21N. The Morgan fingerprint density at radius 1 is 0.789 bits per heavy atom. The quantitative estimate of drug-likeness (QED) is 0.679. The lowest BCUT2D eigenvalue weighted by molar-refractivity contribution is 0.825. The molecule has 0 amide bonds. The molecular weight excluding hydrogens is 230 g/mol. The highest BCUT2D eigenvalue weighted by Gasteiger charge is 2.01. The van der Waals surface area contributed by atoms with E-state index in [-0.39, 0.29) is 6.04 Å². The van der Waals surface area contributed by atoms with Crippen molar-refractivity contribution in [2.75, 3.05) is 0 Å². The van der Waals surface area contributed by atoms with Gasteiger partial charge < -0.3 is 0 Å². The highest BCUT2D eigenvalue weighted by Crippen LogP contribution is 2.17. The topological polar surface area (TPSA) is 12.4 Å². The van der Waals surface area contributed by atoms with Crippen LogP contribution in [0.25, 0.3) is 0 Å². The highest BCUT2D eigenvalue weighted by atomic mass is 14.8. The van der Waals surface area contributed by atoms with Crippen LogP contribution in [-0.4, -0.2) is 6.21 Å². The Hall–Kier alpha value is -1.89. The maximum atomic E-state index is 4.61. The number of nitrogens with zero attached hydrogens (tertiary/aromatic N) is 1. The van der Waals surface area contributed by atoms with E-state index in [0.29, 0.717) is 5.92 Å². The van der Waals surface area contributed by atoms with E-state index in [1.165, 1.54) is 11.1 Å². The van der Waals surface area contributed by atoms with Gasteiger partial charge in [-0.3, -0.25) is 4.99 Å². The van der Waals surface area contributed by atoms with E-state index in [2.05, 4.69) is 74.3 Å². The third-order valence-electron chi connectivity index (χ3n) is 3.33. The summed E-state index contributed by atoms with van der Waals surface area (Å²) in [5.74, 6) is 0.578. The van der Waals surface area contributed by atoms with Crippen LogP contribution in [-0.2, 0) is 0 Å². The fourth-order valence-electron chi connectivity index (χ4n) is 1.98. The first kappa shape index (κ1) is 13.5. The van der Waals surface area contributed by atoms with Crippen LogP contribution in [0.2, 0.25) is 0 Å². The minimum Gasteiger partial charge on any atom is -0.285 e. The number of hydrogen-bond acceptors (Lipinski definition) is 1. The molecule has 2 rings (SSSR count). The number of rotatable bonds is 4. The van der Waals surface area contributed by atoms with Crippen molar-refractivity contribution in [2.45, 2.75) is 32.7 Å². The zero-order chi connectivity index (χ0) is 13.7. The van der Waals surface area contributed by atoms with Crippen molar-refractivity contribution in [3.63, 3.8) is 0 Å². The average Bonchev–Trinajstić information content (AvgIpc) is 2.46. The Morgan fingerprint density at radius 2 is 1.42 bits per heavy atom. The van der Waals surface area contributed by atoms with Crippen molar-refractivity contribution in [1.82, 2.24) is 0 Å². The second kappa shape index (κ2) is 6.33. The smallest absolute Gasteiger partial charge is 0.0721 e. The minimum atomic E-state index is 0.200. The fourth-order valence-corrected chi connectivity index (χ4v) is 1.98. The average molecular weight is 251 g/mol. The Kier molecular flexibility index (Phi) is 4.51. The zero-order valence-corrected chi connectivity index (χ0v) is 11.9. The Labute approximate surface area is 116 Å². The summed E-state index contributed by atoms with van der Waals surface area (Å²) in [5, 5.41) is 0. The number of hydrogen-bond donors (Lipinski definition) is 0. The van der Waals surface area contributed by atoms with E-state index in [0.717, 1.165) is 5.56 Å². The zero-order valence-electron chi connectivity index (χ0n) is 11.9. The van der Waals surface area contributed by atoms with Crippen molar-refractivity contribution in [1.29, 1.82) is 0 Å². The van der Waals surface area contributed by atoms with Crippen LogP contribution in [0.15, 0.2) is 59.6 Å². The van der Waals surface area contributed by atoms with Crippen LogP contribution in [0.3, 0.4) is 0 Å². The van der Waals surface area contributed by atoms with Gasteiger partial charge >= 0.3 is 0 Å². The van der Waals surface area contributed by atoms with Crippen LogP contribution in [0.1, 0.15) is 49.4 Å². The largest absolute Gasteiger partial charge is 0.285 e. The predicted octanol–water partition coefficient (Wildman–Crippen LogP) is 4.99. The third-order valence-corrected chi connectivity index (χ3v) is 3.33. The van der Waals surface area contributed by atoms with Gasteiger partial charge in [0.15, 0.2) is 0 Å². The lowest BCUT2D eigenvalue weighted by Gasteiger charge is -2.07. The second-order valence-corrected chi connectivity index (χ2v) is 5.19. The lowest BCUT2D eigenvalue weighted by atomic mass is 10.0. The monoisotopic (exact) mass is 251 g/mol. The molecule has 0 aliphatic carbocycles. The molecule has 0 bridgehead atoms. The second-order valence-electron chi connectivity index (χ2n) is 5.19. The predicted molar refractivity (Wildman–Crippen MR) is 83.0 cm³/mol. The summed E-state index contributed by atoms with van der Waals surface area (Å²) in [6.07, 6.45) is 1.96. The van der Waals surface area contributed by atoms with Crippen molar-refractivity contribution >= 4 is 6.21 Å². The summed E-state index contributed by atoms with van der Waals surface area (Å²) in [6.45, 7) is 6.54. The van der Waals surface area contributed by atoms with Gasteiger partial charge in [0.2, 0.25) is 0 Å². The summed E-state index contributed by atoms with van der Waals surface area (Å²) in [7, 11) is 0. The molecule has 2 aromatic rings. The molecule has 0 saturated carbocycles. The molecule has 0 fully saturated rings. The fraction of sp³-hybridized carbons (Fsp3) is 0.278. The molecule has 2 aromatic carbocycles. The number of benzene rings is 2. The van der Waals surface area contributed by atoms with E-state index in [1.54, 1.807) is 0 Å². The highest BCUT2D eigenvalue weighted by molar-refractivity contribution is 5.79.